The lowest BCUT2D eigenvalue weighted by Crippen LogP contribution is -2.10. The van der Waals surface area contributed by atoms with E-state index in [4.69, 9.17) is 4.98 Å². The molecule has 3 aromatic rings. The number of nitrogens with zero attached hydrogens (tertiary/aromatic N) is 3. The quantitative estimate of drug-likeness (QED) is 0.667. The Kier molecular flexibility index (Phi) is 3.51. The third-order valence-electron chi connectivity index (χ3n) is 4.84. The molecule has 3 nitrogen and oxygen atoms in total. The zero-order valence-electron chi connectivity index (χ0n) is 14.4. The van der Waals surface area contributed by atoms with Crippen LogP contribution in [0.15, 0.2) is 24.3 Å². The molecule has 4 heteroatoms. The summed E-state index contributed by atoms with van der Waals surface area (Å²) in [7, 11) is 0. The van der Waals surface area contributed by atoms with E-state index in [1.165, 1.54) is 22.6 Å². The van der Waals surface area contributed by atoms with E-state index in [-0.39, 0.29) is 5.41 Å². The van der Waals surface area contributed by atoms with Crippen molar-refractivity contribution in [1.82, 2.24) is 9.38 Å². The van der Waals surface area contributed by atoms with Crippen LogP contribution in [0.2, 0.25) is 0 Å². The SMILES string of the molecule is CC(C)(C)c1ccc(-c2nc3sc4c(n3c2CC#N)CCC4)cc1. The lowest BCUT2D eigenvalue weighted by atomic mass is 9.86. The van der Waals surface area contributed by atoms with Crippen molar-refractivity contribution in [1.29, 1.82) is 5.26 Å². The van der Waals surface area contributed by atoms with Crippen LogP contribution in [0.1, 0.15) is 49.0 Å². The molecule has 24 heavy (non-hydrogen) atoms. The van der Waals surface area contributed by atoms with E-state index in [0.29, 0.717) is 6.42 Å². The number of hydrogen-bond donors (Lipinski definition) is 0. The zero-order valence-corrected chi connectivity index (χ0v) is 15.2. The van der Waals surface area contributed by atoms with Crippen molar-refractivity contribution in [2.24, 2.45) is 0 Å². The van der Waals surface area contributed by atoms with Crippen LogP contribution < -0.4 is 0 Å². The molecule has 2 aromatic heterocycles. The molecule has 4 rings (SSSR count). The highest BCUT2D eigenvalue weighted by Gasteiger charge is 2.24. The van der Waals surface area contributed by atoms with Crippen molar-refractivity contribution < 1.29 is 0 Å². The largest absolute Gasteiger partial charge is 0.290 e. The molecule has 1 aliphatic rings. The van der Waals surface area contributed by atoms with E-state index in [1.54, 1.807) is 11.3 Å². The van der Waals surface area contributed by atoms with Gasteiger partial charge in [-0.2, -0.15) is 5.26 Å². The van der Waals surface area contributed by atoms with Gasteiger partial charge in [-0.05, 0) is 30.2 Å². The van der Waals surface area contributed by atoms with Crippen LogP contribution in [0.25, 0.3) is 16.2 Å². The Morgan fingerprint density at radius 1 is 1.21 bits per heavy atom. The van der Waals surface area contributed by atoms with Gasteiger partial charge in [0, 0.05) is 16.1 Å². The highest BCUT2D eigenvalue weighted by atomic mass is 32.1. The molecule has 122 valence electrons. The normalized spacial score (nSPS) is 14.1. The van der Waals surface area contributed by atoms with Crippen molar-refractivity contribution in [3.05, 3.63) is 46.1 Å². The summed E-state index contributed by atoms with van der Waals surface area (Å²) in [4.78, 5) is 7.38. The smallest absolute Gasteiger partial charge is 0.194 e. The number of rotatable bonds is 2. The molecule has 1 aromatic carbocycles. The maximum absolute atomic E-state index is 9.32. The van der Waals surface area contributed by atoms with Crippen LogP contribution in [0.3, 0.4) is 0 Å². The lowest BCUT2D eigenvalue weighted by Gasteiger charge is -2.19. The summed E-state index contributed by atoms with van der Waals surface area (Å²) in [6, 6.07) is 11.0. The zero-order chi connectivity index (χ0) is 16.9. The maximum Gasteiger partial charge on any atom is 0.194 e. The first-order chi connectivity index (χ1) is 11.5. The first kappa shape index (κ1) is 15.4. The Bertz CT molecular complexity index is 946. The molecule has 0 fully saturated rings. The first-order valence-electron chi connectivity index (χ1n) is 8.49. The molecular weight excluding hydrogens is 314 g/mol. The van der Waals surface area contributed by atoms with Crippen LogP contribution in [0.4, 0.5) is 0 Å². The maximum atomic E-state index is 9.32. The third kappa shape index (κ3) is 2.35. The molecule has 0 radical (unpaired) electrons. The topological polar surface area (TPSA) is 41.1 Å². The highest BCUT2D eigenvalue weighted by molar-refractivity contribution is 7.17. The first-order valence-corrected chi connectivity index (χ1v) is 9.30. The monoisotopic (exact) mass is 335 g/mol. The van der Waals surface area contributed by atoms with Crippen molar-refractivity contribution in [3.8, 4) is 17.3 Å². The van der Waals surface area contributed by atoms with Gasteiger partial charge in [-0.3, -0.25) is 4.40 Å². The van der Waals surface area contributed by atoms with Crippen LogP contribution in [0, 0.1) is 11.3 Å². The van der Waals surface area contributed by atoms with Gasteiger partial charge in [0.2, 0.25) is 0 Å². The van der Waals surface area contributed by atoms with Crippen LogP contribution >= 0.6 is 11.3 Å². The molecule has 0 spiro atoms. The summed E-state index contributed by atoms with van der Waals surface area (Å²) in [5.74, 6) is 0. The second-order valence-electron chi connectivity index (χ2n) is 7.51. The standard InChI is InChI=1S/C20H21N3S/c1-20(2,3)14-9-7-13(8-10-14)18-16(11-12-21)23-15-5-4-6-17(15)24-19(23)22-18/h7-10H,4-6,11H2,1-3H3. The van der Waals surface area contributed by atoms with Gasteiger partial charge in [0.25, 0.3) is 0 Å². The van der Waals surface area contributed by atoms with Gasteiger partial charge in [0.1, 0.15) is 0 Å². The van der Waals surface area contributed by atoms with Gasteiger partial charge in [0.05, 0.1) is 23.9 Å². The highest BCUT2D eigenvalue weighted by Crippen LogP contribution is 2.36. The average molecular weight is 335 g/mol. The Labute approximate surface area is 146 Å². The van der Waals surface area contributed by atoms with Crippen LogP contribution in [-0.4, -0.2) is 9.38 Å². The number of benzene rings is 1. The van der Waals surface area contributed by atoms with Gasteiger partial charge in [-0.1, -0.05) is 45.0 Å². The number of imidazole rings is 1. The van der Waals surface area contributed by atoms with E-state index in [2.05, 4.69) is 55.5 Å². The minimum absolute atomic E-state index is 0.142. The molecule has 0 unspecified atom stereocenters. The van der Waals surface area contributed by atoms with E-state index < -0.39 is 0 Å². The van der Waals surface area contributed by atoms with Crippen LogP contribution in [0.5, 0.6) is 0 Å². The molecule has 2 heterocycles. The second kappa shape index (κ2) is 5.46. The Morgan fingerprint density at radius 2 is 1.96 bits per heavy atom. The van der Waals surface area contributed by atoms with Gasteiger partial charge in [0.15, 0.2) is 4.96 Å². The van der Waals surface area contributed by atoms with E-state index in [9.17, 15) is 5.26 Å². The van der Waals surface area contributed by atoms with Gasteiger partial charge in [-0.25, -0.2) is 4.98 Å². The molecule has 0 saturated heterocycles. The predicted molar refractivity (Wildman–Crippen MR) is 98.5 cm³/mol. The summed E-state index contributed by atoms with van der Waals surface area (Å²) in [5, 5.41) is 9.32. The van der Waals surface area contributed by atoms with Crippen molar-refractivity contribution in [2.45, 2.75) is 51.9 Å². The molecule has 0 atom stereocenters. The molecule has 0 saturated carbocycles. The summed E-state index contributed by atoms with van der Waals surface area (Å²) < 4.78 is 2.25. The number of thiazole rings is 1. The molecular formula is C20H21N3S. The summed E-state index contributed by atoms with van der Waals surface area (Å²) in [5.41, 5.74) is 5.97. The lowest BCUT2D eigenvalue weighted by molar-refractivity contribution is 0.590. The summed E-state index contributed by atoms with van der Waals surface area (Å²) >= 11 is 1.79. The number of aromatic nitrogens is 2. The Balaban J connectivity index is 1.86. The fourth-order valence-electron chi connectivity index (χ4n) is 3.53. The van der Waals surface area contributed by atoms with Crippen LogP contribution in [-0.2, 0) is 24.7 Å². The second-order valence-corrected chi connectivity index (χ2v) is 8.57. The van der Waals surface area contributed by atoms with Gasteiger partial charge in [-0.15, -0.1) is 11.3 Å². The number of nitriles is 1. The van der Waals surface area contributed by atoms with E-state index >= 15 is 0 Å². The minimum atomic E-state index is 0.142. The molecule has 0 bridgehead atoms. The fraction of sp³-hybridized carbons (Fsp3) is 0.400. The third-order valence-corrected chi connectivity index (χ3v) is 5.98. The number of hydrogen-bond acceptors (Lipinski definition) is 3. The predicted octanol–water partition coefficient (Wildman–Crippen LogP) is 4.92. The fourth-order valence-corrected chi connectivity index (χ4v) is 4.76. The van der Waals surface area contributed by atoms with Gasteiger partial charge < -0.3 is 0 Å². The summed E-state index contributed by atoms with van der Waals surface area (Å²) in [6.07, 6.45) is 3.88. The Morgan fingerprint density at radius 3 is 2.62 bits per heavy atom. The van der Waals surface area contributed by atoms with E-state index in [1.807, 2.05) is 0 Å². The van der Waals surface area contributed by atoms with Crippen molar-refractivity contribution >= 4 is 16.3 Å². The number of aryl methyl sites for hydroxylation is 2. The average Bonchev–Trinajstić information content (AvgIpc) is 3.18. The minimum Gasteiger partial charge on any atom is -0.290 e. The number of fused-ring (bicyclic) bond motifs is 3. The molecule has 1 aliphatic carbocycles. The molecule has 0 N–H and O–H groups in total. The molecule has 0 amide bonds. The summed E-state index contributed by atoms with van der Waals surface area (Å²) in [6.45, 7) is 6.66. The Hall–Kier alpha value is -2.12. The van der Waals surface area contributed by atoms with Crippen molar-refractivity contribution in [2.75, 3.05) is 0 Å². The van der Waals surface area contributed by atoms with Crippen molar-refractivity contribution in [3.63, 3.8) is 0 Å². The van der Waals surface area contributed by atoms with Gasteiger partial charge >= 0.3 is 0 Å². The van der Waals surface area contributed by atoms with E-state index in [0.717, 1.165) is 34.8 Å². The molecule has 0 aliphatic heterocycles.